The van der Waals surface area contributed by atoms with Gasteiger partial charge < -0.3 is 9.73 Å². The molecule has 0 bridgehead atoms. The summed E-state index contributed by atoms with van der Waals surface area (Å²) in [7, 11) is 0. The summed E-state index contributed by atoms with van der Waals surface area (Å²) in [5, 5.41) is 11.3. The van der Waals surface area contributed by atoms with Gasteiger partial charge in [-0.2, -0.15) is 0 Å². The number of carbonyl (C=O) groups excluding carboxylic acids is 1. The minimum Gasteiger partial charge on any atom is -0.421 e. The highest BCUT2D eigenvalue weighted by atomic mass is 16.4. The van der Waals surface area contributed by atoms with Crippen LogP contribution in [0.2, 0.25) is 0 Å². The average molecular weight is 363 g/mol. The van der Waals surface area contributed by atoms with Crippen molar-refractivity contribution in [2.24, 2.45) is 0 Å². The standard InChI is InChI=1S/C22H25N3O2/c1-2-10-19(17-11-5-3-6-12-17)23-20(26)15-9-16-21-24-25-22(27-21)18-13-7-4-8-14-18/h3-8,11-14,19H,2,9-10,15-16H2,1H3,(H,23,26)/t19-/m0/s1. The number of hydrogen-bond donors (Lipinski definition) is 1. The van der Waals surface area contributed by atoms with E-state index in [4.69, 9.17) is 4.42 Å². The van der Waals surface area contributed by atoms with Crippen LogP contribution in [0.1, 0.15) is 50.1 Å². The molecule has 0 spiro atoms. The van der Waals surface area contributed by atoms with Crippen molar-refractivity contribution in [3.63, 3.8) is 0 Å². The van der Waals surface area contributed by atoms with E-state index in [1.54, 1.807) is 0 Å². The predicted octanol–water partition coefficient (Wildman–Crippen LogP) is 4.72. The number of nitrogens with one attached hydrogen (secondary N) is 1. The maximum absolute atomic E-state index is 12.3. The van der Waals surface area contributed by atoms with Crippen LogP contribution in [0, 0.1) is 0 Å². The summed E-state index contributed by atoms with van der Waals surface area (Å²) in [6.45, 7) is 2.13. The summed E-state index contributed by atoms with van der Waals surface area (Å²) < 4.78 is 5.69. The number of aryl methyl sites for hydroxylation is 1. The van der Waals surface area contributed by atoms with Crippen molar-refractivity contribution in [3.05, 3.63) is 72.1 Å². The van der Waals surface area contributed by atoms with Gasteiger partial charge in [0.1, 0.15) is 0 Å². The zero-order chi connectivity index (χ0) is 18.9. The molecule has 0 radical (unpaired) electrons. The summed E-state index contributed by atoms with van der Waals surface area (Å²) in [4.78, 5) is 12.3. The van der Waals surface area contributed by atoms with E-state index in [2.05, 4.69) is 34.6 Å². The van der Waals surface area contributed by atoms with Crippen LogP contribution in [-0.4, -0.2) is 16.1 Å². The monoisotopic (exact) mass is 363 g/mol. The Balaban J connectivity index is 1.48. The summed E-state index contributed by atoms with van der Waals surface area (Å²) in [5.41, 5.74) is 2.05. The molecule has 1 aromatic heterocycles. The van der Waals surface area contributed by atoms with Gasteiger partial charge in [-0.3, -0.25) is 4.79 Å². The summed E-state index contributed by atoms with van der Waals surface area (Å²) >= 11 is 0. The molecular formula is C22H25N3O2. The van der Waals surface area contributed by atoms with E-state index in [1.165, 1.54) is 0 Å². The van der Waals surface area contributed by atoms with Crippen molar-refractivity contribution in [1.29, 1.82) is 0 Å². The SMILES string of the molecule is CCC[C@H](NC(=O)CCCc1nnc(-c2ccccc2)o1)c1ccccc1. The van der Waals surface area contributed by atoms with Crippen molar-refractivity contribution in [3.8, 4) is 11.5 Å². The molecular weight excluding hydrogens is 338 g/mol. The van der Waals surface area contributed by atoms with Crippen LogP contribution in [0.4, 0.5) is 0 Å². The van der Waals surface area contributed by atoms with Gasteiger partial charge in [-0.25, -0.2) is 0 Å². The quantitative estimate of drug-likeness (QED) is 0.597. The Morgan fingerprint density at radius 1 is 1.04 bits per heavy atom. The van der Waals surface area contributed by atoms with Crippen LogP contribution in [0.15, 0.2) is 65.1 Å². The zero-order valence-electron chi connectivity index (χ0n) is 15.6. The first-order chi connectivity index (χ1) is 13.3. The molecule has 1 N–H and O–H groups in total. The van der Waals surface area contributed by atoms with Gasteiger partial charge >= 0.3 is 0 Å². The highest BCUT2D eigenvalue weighted by Gasteiger charge is 2.14. The maximum Gasteiger partial charge on any atom is 0.247 e. The molecule has 3 aromatic rings. The van der Waals surface area contributed by atoms with Crippen molar-refractivity contribution < 1.29 is 9.21 Å². The van der Waals surface area contributed by atoms with E-state index in [1.807, 2.05) is 48.5 Å². The highest BCUT2D eigenvalue weighted by molar-refractivity contribution is 5.76. The first-order valence-corrected chi connectivity index (χ1v) is 9.48. The third kappa shape index (κ3) is 5.51. The lowest BCUT2D eigenvalue weighted by Crippen LogP contribution is -2.28. The number of hydrogen-bond acceptors (Lipinski definition) is 4. The Bertz CT molecular complexity index is 831. The van der Waals surface area contributed by atoms with Gasteiger partial charge in [0.2, 0.25) is 17.7 Å². The summed E-state index contributed by atoms with van der Waals surface area (Å²) in [6.07, 6.45) is 3.66. The average Bonchev–Trinajstić information content (AvgIpc) is 3.18. The third-order valence-corrected chi connectivity index (χ3v) is 4.40. The largest absolute Gasteiger partial charge is 0.421 e. The smallest absolute Gasteiger partial charge is 0.247 e. The normalized spacial score (nSPS) is 11.9. The second-order valence-electron chi connectivity index (χ2n) is 6.54. The number of nitrogens with zero attached hydrogens (tertiary/aromatic N) is 2. The number of benzene rings is 2. The van der Waals surface area contributed by atoms with E-state index in [-0.39, 0.29) is 11.9 Å². The molecule has 1 heterocycles. The Labute approximate surface area is 159 Å². The van der Waals surface area contributed by atoms with Crippen molar-refractivity contribution in [1.82, 2.24) is 15.5 Å². The van der Waals surface area contributed by atoms with E-state index < -0.39 is 0 Å². The van der Waals surface area contributed by atoms with Gasteiger partial charge in [0.15, 0.2) is 0 Å². The molecule has 1 atom stereocenters. The Hall–Kier alpha value is -2.95. The fourth-order valence-corrected chi connectivity index (χ4v) is 3.01. The lowest BCUT2D eigenvalue weighted by Gasteiger charge is -2.18. The van der Waals surface area contributed by atoms with Crippen LogP contribution in [0.25, 0.3) is 11.5 Å². The minimum atomic E-state index is 0.0556. The molecule has 140 valence electrons. The third-order valence-electron chi connectivity index (χ3n) is 4.40. The second kappa shape index (κ2) is 9.67. The molecule has 0 fully saturated rings. The van der Waals surface area contributed by atoms with Crippen LogP contribution in [0.5, 0.6) is 0 Å². The molecule has 0 aliphatic rings. The van der Waals surface area contributed by atoms with E-state index >= 15 is 0 Å². The van der Waals surface area contributed by atoms with E-state index in [0.717, 1.165) is 24.0 Å². The predicted molar refractivity (Wildman–Crippen MR) is 105 cm³/mol. The van der Waals surface area contributed by atoms with Gasteiger partial charge in [-0.15, -0.1) is 10.2 Å². The molecule has 0 aliphatic carbocycles. The first kappa shape index (κ1) is 18.8. The molecule has 0 saturated heterocycles. The molecule has 2 aromatic carbocycles. The molecule has 5 heteroatoms. The van der Waals surface area contributed by atoms with E-state index in [9.17, 15) is 4.79 Å². The zero-order valence-corrected chi connectivity index (χ0v) is 15.6. The number of amides is 1. The number of rotatable bonds is 9. The molecule has 27 heavy (non-hydrogen) atoms. The molecule has 0 aliphatic heterocycles. The maximum atomic E-state index is 12.3. The summed E-state index contributed by atoms with van der Waals surface area (Å²) in [5.74, 6) is 1.14. The van der Waals surface area contributed by atoms with Gasteiger partial charge in [0.05, 0.1) is 6.04 Å². The van der Waals surface area contributed by atoms with Crippen LogP contribution in [0.3, 0.4) is 0 Å². The fraction of sp³-hybridized carbons (Fsp3) is 0.318. The molecule has 5 nitrogen and oxygen atoms in total. The van der Waals surface area contributed by atoms with Gasteiger partial charge in [-0.1, -0.05) is 61.9 Å². The Morgan fingerprint density at radius 3 is 2.44 bits per heavy atom. The van der Waals surface area contributed by atoms with Crippen molar-refractivity contribution in [2.45, 2.75) is 45.1 Å². The number of carbonyl (C=O) groups is 1. The van der Waals surface area contributed by atoms with Crippen LogP contribution >= 0.6 is 0 Å². The van der Waals surface area contributed by atoms with Crippen LogP contribution in [-0.2, 0) is 11.2 Å². The van der Waals surface area contributed by atoms with Crippen molar-refractivity contribution in [2.75, 3.05) is 0 Å². The van der Waals surface area contributed by atoms with E-state index in [0.29, 0.717) is 31.0 Å². The lowest BCUT2D eigenvalue weighted by atomic mass is 10.0. The lowest BCUT2D eigenvalue weighted by molar-refractivity contribution is -0.122. The number of aromatic nitrogens is 2. The fourth-order valence-electron chi connectivity index (χ4n) is 3.01. The molecule has 0 unspecified atom stereocenters. The van der Waals surface area contributed by atoms with Gasteiger partial charge in [0, 0.05) is 18.4 Å². The van der Waals surface area contributed by atoms with Crippen LogP contribution < -0.4 is 5.32 Å². The first-order valence-electron chi connectivity index (χ1n) is 9.48. The Morgan fingerprint density at radius 2 is 1.74 bits per heavy atom. The summed E-state index contributed by atoms with van der Waals surface area (Å²) in [6, 6.07) is 19.9. The molecule has 0 saturated carbocycles. The topological polar surface area (TPSA) is 68.0 Å². The Kier molecular flexibility index (Phi) is 6.74. The second-order valence-corrected chi connectivity index (χ2v) is 6.54. The van der Waals surface area contributed by atoms with Gasteiger partial charge in [0.25, 0.3) is 0 Å². The van der Waals surface area contributed by atoms with Crippen molar-refractivity contribution >= 4 is 5.91 Å². The minimum absolute atomic E-state index is 0.0556. The molecule has 1 amide bonds. The molecule has 3 rings (SSSR count). The highest BCUT2D eigenvalue weighted by Crippen LogP contribution is 2.19. The van der Waals surface area contributed by atoms with Gasteiger partial charge in [-0.05, 0) is 30.5 Å².